The van der Waals surface area contributed by atoms with E-state index in [2.05, 4.69) is 83.7 Å². The van der Waals surface area contributed by atoms with Gasteiger partial charge >= 0.3 is 0 Å². The van der Waals surface area contributed by atoms with Gasteiger partial charge in [0, 0.05) is 17.5 Å². The molecule has 20 heavy (non-hydrogen) atoms. The highest BCUT2D eigenvalue weighted by Gasteiger charge is 2.68. The molecule has 1 aliphatic heterocycles. The monoisotopic (exact) mass is 275 g/mol. The van der Waals surface area contributed by atoms with E-state index in [0.717, 1.165) is 0 Å². The summed E-state index contributed by atoms with van der Waals surface area (Å²) in [7, 11) is 0. The van der Waals surface area contributed by atoms with Gasteiger partial charge in [0.05, 0.1) is 0 Å². The second-order valence-corrected chi connectivity index (χ2v) is 7.45. The van der Waals surface area contributed by atoms with Crippen molar-refractivity contribution in [3.8, 4) is 0 Å². The zero-order valence-electron chi connectivity index (χ0n) is 14.0. The maximum atomic E-state index is 6.37. The van der Waals surface area contributed by atoms with Crippen molar-refractivity contribution >= 4 is 0 Å². The van der Waals surface area contributed by atoms with E-state index in [1.54, 1.807) is 0 Å². The Labute approximate surface area is 124 Å². The van der Waals surface area contributed by atoms with Crippen LogP contribution in [0.25, 0.3) is 0 Å². The van der Waals surface area contributed by atoms with Gasteiger partial charge in [0.1, 0.15) is 6.10 Å². The fourth-order valence-corrected chi connectivity index (χ4v) is 3.58. The van der Waals surface area contributed by atoms with Gasteiger partial charge in [-0.2, -0.15) is 0 Å². The lowest BCUT2D eigenvalue weighted by Gasteiger charge is -2.43. The summed E-state index contributed by atoms with van der Waals surface area (Å²) in [5.41, 5.74) is 1.16. The lowest BCUT2D eigenvalue weighted by molar-refractivity contribution is -0.0489. The van der Waals surface area contributed by atoms with Crippen LogP contribution in [-0.2, 0) is 4.74 Å². The molecule has 0 saturated carbocycles. The molecule has 0 aliphatic carbocycles. The average Bonchev–Trinajstić information content (AvgIpc) is 3.05. The Kier molecular flexibility index (Phi) is 4.01. The molecule has 2 heteroatoms. The number of hydrogen-bond acceptors (Lipinski definition) is 2. The molecule has 0 spiro atoms. The standard InChI is InChI=1S/C18H29NO/c1-13(2)19(14(3)4)18(17(5,6)7)16(20-18)15-11-9-8-10-12-15/h8-14,16H,1-7H3. The van der Waals surface area contributed by atoms with Gasteiger partial charge in [-0.05, 0) is 33.3 Å². The molecule has 0 N–H and O–H groups in total. The van der Waals surface area contributed by atoms with E-state index in [0.29, 0.717) is 12.1 Å². The van der Waals surface area contributed by atoms with Crippen molar-refractivity contribution in [3.63, 3.8) is 0 Å². The summed E-state index contributed by atoms with van der Waals surface area (Å²) in [6.45, 7) is 15.9. The molecule has 112 valence electrons. The van der Waals surface area contributed by atoms with Crippen LogP contribution in [0.4, 0.5) is 0 Å². The highest BCUT2D eigenvalue weighted by molar-refractivity contribution is 5.28. The van der Waals surface area contributed by atoms with Gasteiger partial charge in [-0.15, -0.1) is 0 Å². The molecular formula is C18H29NO. The van der Waals surface area contributed by atoms with Crippen LogP contribution in [0.2, 0.25) is 0 Å². The predicted molar refractivity (Wildman–Crippen MR) is 84.6 cm³/mol. The largest absolute Gasteiger partial charge is 0.344 e. The van der Waals surface area contributed by atoms with Gasteiger partial charge in [-0.1, -0.05) is 51.1 Å². The zero-order valence-corrected chi connectivity index (χ0v) is 14.0. The Balaban J connectivity index is 2.41. The molecule has 1 fully saturated rings. The maximum Gasteiger partial charge on any atom is 0.158 e. The van der Waals surface area contributed by atoms with Crippen LogP contribution < -0.4 is 0 Å². The van der Waals surface area contributed by atoms with E-state index in [1.807, 2.05) is 0 Å². The van der Waals surface area contributed by atoms with Gasteiger partial charge in [0.2, 0.25) is 0 Å². The quantitative estimate of drug-likeness (QED) is 0.745. The van der Waals surface area contributed by atoms with Gasteiger partial charge in [-0.25, -0.2) is 0 Å². The Morgan fingerprint density at radius 1 is 1.00 bits per heavy atom. The van der Waals surface area contributed by atoms with Crippen molar-refractivity contribution in [3.05, 3.63) is 35.9 Å². The molecule has 1 saturated heterocycles. The highest BCUT2D eigenvalue weighted by atomic mass is 16.6. The summed E-state index contributed by atoms with van der Waals surface area (Å²) in [6.07, 6.45) is 0.175. The first kappa shape index (κ1) is 15.5. The summed E-state index contributed by atoms with van der Waals surface area (Å²) in [5, 5.41) is 0. The fourth-order valence-electron chi connectivity index (χ4n) is 3.58. The van der Waals surface area contributed by atoms with Crippen LogP contribution in [0, 0.1) is 5.41 Å². The minimum absolute atomic E-state index is 0.0715. The number of benzene rings is 1. The van der Waals surface area contributed by atoms with Crippen molar-refractivity contribution in [1.29, 1.82) is 0 Å². The third-order valence-corrected chi connectivity index (χ3v) is 4.27. The van der Waals surface area contributed by atoms with Crippen LogP contribution in [0.3, 0.4) is 0 Å². The predicted octanol–water partition coefficient (Wildman–Crippen LogP) is 4.62. The number of nitrogens with zero attached hydrogens (tertiary/aromatic N) is 1. The molecule has 2 atom stereocenters. The molecule has 1 aliphatic rings. The molecule has 1 aromatic rings. The Hall–Kier alpha value is -0.860. The maximum absolute atomic E-state index is 6.37. The van der Waals surface area contributed by atoms with E-state index in [1.165, 1.54) is 5.56 Å². The third-order valence-electron chi connectivity index (χ3n) is 4.27. The SMILES string of the molecule is CC(C)N(C(C)C)C1(C(C)(C)C)OC1c1ccccc1. The fraction of sp³-hybridized carbons (Fsp3) is 0.667. The first-order valence-corrected chi connectivity index (χ1v) is 7.73. The zero-order chi connectivity index (χ0) is 15.1. The van der Waals surface area contributed by atoms with Crippen LogP contribution in [0.5, 0.6) is 0 Å². The average molecular weight is 275 g/mol. The van der Waals surface area contributed by atoms with Crippen molar-refractivity contribution in [1.82, 2.24) is 4.90 Å². The molecule has 1 aromatic carbocycles. The molecule has 2 unspecified atom stereocenters. The smallest absolute Gasteiger partial charge is 0.158 e. The second kappa shape index (κ2) is 5.16. The minimum Gasteiger partial charge on any atom is -0.344 e. The summed E-state index contributed by atoms with van der Waals surface area (Å²) >= 11 is 0. The lowest BCUT2D eigenvalue weighted by atomic mass is 9.80. The molecule has 2 nitrogen and oxygen atoms in total. The highest BCUT2D eigenvalue weighted by Crippen LogP contribution is 2.62. The van der Waals surface area contributed by atoms with Gasteiger partial charge < -0.3 is 4.74 Å². The van der Waals surface area contributed by atoms with Crippen molar-refractivity contribution in [2.24, 2.45) is 5.41 Å². The van der Waals surface area contributed by atoms with Gasteiger partial charge in [0.25, 0.3) is 0 Å². The molecule has 0 bridgehead atoms. The molecule has 1 heterocycles. The molecule has 0 radical (unpaired) electrons. The van der Waals surface area contributed by atoms with Crippen LogP contribution >= 0.6 is 0 Å². The lowest BCUT2D eigenvalue weighted by Crippen LogP contribution is -2.54. The van der Waals surface area contributed by atoms with E-state index in [-0.39, 0.29) is 17.2 Å². The summed E-state index contributed by atoms with van der Waals surface area (Å²) < 4.78 is 6.37. The summed E-state index contributed by atoms with van der Waals surface area (Å²) in [6, 6.07) is 11.5. The van der Waals surface area contributed by atoms with E-state index < -0.39 is 0 Å². The Morgan fingerprint density at radius 2 is 1.50 bits per heavy atom. The summed E-state index contributed by atoms with van der Waals surface area (Å²) in [5.74, 6) is 0. The van der Waals surface area contributed by atoms with Crippen molar-refractivity contribution in [2.75, 3.05) is 0 Å². The van der Waals surface area contributed by atoms with Crippen molar-refractivity contribution < 1.29 is 4.74 Å². The van der Waals surface area contributed by atoms with Gasteiger partial charge in [-0.3, -0.25) is 4.90 Å². The van der Waals surface area contributed by atoms with Crippen LogP contribution in [0.15, 0.2) is 30.3 Å². The van der Waals surface area contributed by atoms with E-state index in [4.69, 9.17) is 4.74 Å². The number of ether oxygens (including phenoxy) is 1. The number of hydrogen-bond donors (Lipinski definition) is 0. The molecule has 0 amide bonds. The normalized spacial score (nSPS) is 26.6. The third kappa shape index (κ3) is 2.40. The minimum atomic E-state index is -0.198. The van der Waals surface area contributed by atoms with E-state index >= 15 is 0 Å². The van der Waals surface area contributed by atoms with E-state index in [9.17, 15) is 0 Å². The topological polar surface area (TPSA) is 15.8 Å². The van der Waals surface area contributed by atoms with Crippen LogP contribution in [-0.4, -0.2) is 22.7 Å². The van der Waals surface area contributed by atoms with Crippen LogP contribution in [0.1, 0.15) is 60.1 Å². The van der Waals surface area contributed by atoms with Gasteiger partial charge in [0.15, 0.2) is 5.72 Å². The molecule has 2 rings (SSSR count). The number of rotatable bonds is 4. The summed E-state index contributed by atoms with van der Waals surface area (Å²) in [4.78, 5) is 2.53. The first-order valence-electron chi connectivity index (χ1n) is 7.73. The Morgan fingerprint density at radius 3 is 1.90 bits per heavy atom. The second-order valence-electron chi connectivity index (χ2n) is 7.45. The molecular weight excluding hydrogens is 246 g/mol. The van der Waals surface area contributed by atoms with Crippen molar-refractivity contribution in [2.45, 2.75) is 72.4 Å². The number of epoxide rings is 1. The first-order chi connectivity index (χ1) is 9.22. The molecule has 0 aromatic heterocycles. The Bertz CT molecular complexity index is 438.